The van der Waals surface area contributed by atoms with Gasteiger partial charge in [-0.05, 0) is 38.0 Å². The van der Waals surface area contributed by atoms with Crippen molar-refractivity contribution < 1.29 is 0 Å². The van der Waals surface area contributed by atoms with Crippen LogP contribution in [0.3, 0.4) is 0 Å². The number of benzene rings is 2. The minimum Gasteiger partial charge on any atom is -0.340 e. The molecule has 1 N–H and O–H groups in total. The van der Waals surface area contributed by atoms with Crippen LogP contribution in [0, 0.1) is 13.8 Å². The number of aromatic nitrogens is 4. The molecule has 27 heavy (non-hydrogen) atoms. The van der Waals surface area contributed by atoms with E-state index < -0.39 is 0 Å². The fourth-order valence-electron chi connectivity index (χ4n) is 3.05. The monoisotopic (exact) mass is 359 g/mol. The van der Waals surface area contributed by atoms with Gasteiger partial charge in [0.1, 0.15) is 5.82 Å². The number of aryl methyl sites for hydroxylation is 4. The molecule has 0 aliphatic rings. The molecule has 0 amide bonds. The fraction of sp³-hybridized carbons (Fsp3) is 0.190. The maximum Gasteiger partial charge on any atom is 0.351 e. The van der Waals surface area contributed by atoms with Gasteiger partial charge in [0.25, 0.3) is 5.78 Å². The van der Waals surface area contributed by atoms with E-state index >= 15 is 0 Å². The molecular weight excluding hydrogens is 338 g/mol. The van der Waals surface area contributed by atoms with Gasteiger partial charge in [0.15, 0.2) is 0 Å². The molecule has 0 atom stereocenters. The Morgan fingerprint density at radius 2 is 1.74 bits per heavy atom. The highest BCUT2D eigenvalue weighted by Crippen LogP contribution is 2.16. The van der Waals surface area contributed by atoms with Gasteiger partial charge in [0.05, 0.1) is 6.54 Å². The summed E-state index contributed by atoms with van der Waals surface area (Å²) in [6.07, 6.45) is 0.748. The van der Waals surface area contributed by atoms with Gasteiger partial charge >= 0.3 is 5.69 Å². The molecule has 4 rings (SSSR count). The summed E-state index contributed by atoms with van der Waals surface area (Å²) in [5.41, 5.74) is 3.96. The van der Waals surface area contributed by atoms with Gasteiger partial charge < -0.3 is 5.32 Å². The van der Waals surface area contributed by atoms with Crippen molar-refractivity contribution in [3.63, 3.8) is 0 Å². The van der Waals surface area contributed by atoms with Crippen molar-refractivity contribution in [3.8, 4) is 0 Å². The van der Waals surface area contributed by atoms with Crippen LogP contribution < -0.4 is 11.0 Å². The molecule has 136 valence electrons. The molecule has 0 spiro atoms. The first-order chi connectivity index (χ1) is 13.1. The Bertz CT molecular complexity index is 1130. The SMILES string of the molecule is Cc1ccc(Nc2cc(C)n3c(=O)n(CCc4ccccc4)nc3n2)cc1. The lowest BCUT2D eigenvalue weighted by Gasteiger charge is -2.07. The van der Waals surface area contributed by atoms with E-state index in [4.69, 9.17) is 0 Å². The van der Waals surface area contributed by atoms with Crippen LogP contribution in [0.4, 0.5) is 11.5 Å². The van der Waals surface area contributed by atoms with Crippen LogP contribution in [0.15, 0.2) is 65.5 Å². The minimum atomic E-state index is -0.159. The summed E-state index contributed by atoms with van der Waals surface area (Å²) in [4.78, 5) is 17.2. The molecular formula is C21H21N5O. The summed E-state index contributed by atoms with van der Waals surface area (Å²) in [6.45, 7) is 4.46. The van der Waals surface area contributed by atoms with E-state index in [1.807, 2.05) is 74.5 Å². The third kappa shape index (κ3) is 3.60. The van der Waals surface area contributed by atoms with E-state index in [1.165, 1.54) is 15.8 Å². The van der Waals surface area contributed by atoms with Gasteiger partial charge in [-0.15, -0.1) is 5.10 Å². The van der Waals surface area contributed by atoms with Crippen molar-refractivity contribution in [2.24, 2.45) is 0 Å². The van der Waals surface area contributed by atoms with Gasteiger partial charge in [0.2, 0.25) is 0 Å². The number of hydrogen-bond acceptors (Lipinski definition) is 4. The quantitative estimate of drug-likeness (QED) is 0.592. The lowest BCUT2D eigenvalue weighted by molar-refractivity contribution is 0.591. The number of hydrogen-bond donors (Lipinski definition) is 1. The molecule has 6 heteroatoms. The molecule has 2 aromatic carbocycles. The maximum absolute atomic E-state index is 12.7. The van der Waals surface area contributed by atoms with Gasteiger partial charge in [-0.2, -0.15) is 4.98 Å². The predicted molar refractivity (Wildman–Crippen MR) is 107 cm³/mol. The Hall–Kier alpha value is -3.41. The lowest BCUT2D eigenvalue weighted by atomic mass is 10.2. The van der Waals surface area contributed by atoms with Crippen molar-refractivity contribution >= 4 is 17.3 Å². The molecule has 0 saturated heterocycles. The van der Waals surface area contributed by atoms with Crippen molar-refractivity contribution in [2.45, 2.75) is 26.8 Å². The topological polar surface area (TPSA) is 64.2 Å². The average molecular weight is 359 g/mol. The van der Waals surface area contributed by atoms with Crippen molar-refractivity contribution in [1.29, 1.82) is 0 Å². The molecule has 2 aromatic heterocycles. The Morgan fingerprint density at radius 3 is 2.48 bits per heavy atom. The fourth-order valence-corrected chi connectivity index (χ4v) is 3.05. The predicted octanol–water partition coefficient (Wildman–Crippen LogP) is 3.49. The number of nitrogens with zero attached hydrogens (tertiary/aromatic N) is 4. The van der Waals surface area contributed by atoms with Crippen LogP contribution in [0.5, 0.6) is 0 Å². The third-order valence-corrected chi connectivity index (χ3v) is 4.52. The van der Waals surface area contributed by atoms with E-state index in [1.54, 1.807) is 4.40 Å². The van der Waals surface area contributed by atoms with E-state index in [0.29, 0.717) is 18.1 Å². The molecule has 4 aromatic rings. The van der Waals surface area contributed by atoms with E-state index in [0.717, 1.165) is 17.8 Å². The average Bonchev–Trinajstić information content (AvgIpc) is 2.99. The zero-order valence-corrected chi connectivity index (χ0v) is 15.4. The second kappa shape index (κ2) is 7.07. The second-order valence-corrected chi connectivity index (χ2v) is 6.65. The minimum absolute atomic E-state index is 0.159. The second-order valence-electron chi connectivity index (χ2n) is 6.65. The molecule has 0 saturated carbocycles. The molecule has 0 fully saturated rings. The standard InChI is InChI=1S/C21H21N5O/c1-15-8-10-18(11-9-15)22-19-14-16(2)26-20(23-19)24-25(21(26)27)13-12-17-6-4-3-5-7-17/h3-11,14H,12-13H2,1-2H3,(H,22,23,24). The number of rotatable bonds is 5. The van der Waals surface area contributed by atoms with Crippen LogP contribution in [0.25, 0.3) is 5.78 Å². The molecule has 0 aliphatic carbocycles. The zero-order chi connectivity index (χ0) is 18.8. The summed E-state index contributed by atoms with van der Waals surface area (Å²) >= 11 is 0. The van der Waals surface area contributed by atoms with Crippen LogP contribution in [0.2, 0.25) is 0 Å². The zero-order valence-electron chi connectivity index (χ0n) is 15.4. The van der Waals surface area contributed by atoms with Crippen LogP contribution in [-0.4, -0.2) is 19.2 Å². The summed E-state index contributed by atoms with van der Waals surface area (Å²) in [7, 11) is 0. The van der Waals surface area contributed by atoms with Gasteiger partial charge in [-0.25, -0.2) is 13.9 Å². The molecule has 2 heterocycles. The molecule has 0 aliphatic heterocycles. The van der Waals surface area contributed by atoms with E-state index in [-0.39, 0.29) is 5.69 Å². The van der Waals surface area contributed by atoms with Crippen molar-refractivity contribution in [3.05, 3.63) is 88.0 Å². The van der Waals surface area contributed by atoms with Crippen LogP contribution in [-0.2, 0) is 13.0 Å². The first-order valence-corrected chi connectivity index (χ1v) is 8.95. The molecule has 0 bridgehead atoms. The van der Waals surface area contributed by atoms with Gasteiger partial charge in [-0.3, -0.25) is 0 Å². The summed E-state index contributed by atoms with van der Waals surface area (Å²) in [5, 5.41) is 7.70. The third-order valence-electron chi connectivity index (χ3n) is 4.52. The highest BCUT2D eigenvalue weighted by molar-refractivity contribution is 5.58. The summed E-state index contributed by atoms with van der Waals surface area (Å²) in [6, 6.07) is 20.0. The summed E-state index contributed by atoms with van der Waals surface area (Å²) in [5.74, 6) is 1.08. The summed E-state index contributed by atoms with van der Waals surface area (Å²) < 4.78 is 3.03. The van der Waals surface area contributed by atoms with Gasteiger partial charge in [-0.1, -0.05) is 48.0 Å². The van der Waals surface area contributed by atoms with Gasteiger partial charge in [0, 0.05) is 17.4 Å². The highest BCUT2D eigenvalue weighted by Gasteiger charge is 2.12. The van der Waals surface area contributed by atoms with Crippen LogP contribution in [0.1, 0.15) is 16.8 Å². The molecule has 0 radical (unpaired) electrons. The Morgan fingerprint density at radius 1 is 1.00 bits per heavy atom. The lowest BCUT2D eigenvalue weighted by Crippen LogP contribution is -2.23. The molecule has 0 unspecified atom stereocenters. The first-order valence-electron chi connectivity index (χ1n) is 8.95. The Labute approximate surface area is 157 Å². The van der Waals surface area contributed by atoms with Crippen LogP contribution >= 0.6 is 0 Å². The largest absolute Gasteiger partial charge is 0.351 e. The normalized spacial score (nSPS) is 11.0. The number of fused-ring (bicyclic) bond motifs is 1. The first kappa shape index (κ1) is 17.0. The van der Waals surface area contributed by atoms with Crippen molar-refractivity contribution in [2.75, 3.05) is 5.32 Å². The number of anilines is 2. The Kier molecular flexibility index (Phi) is 4.46. The smallest absolute Gasteiger partial charge is 0.340 e. The number of nitrogens with one attached hydrogen (secondary N) is 1. The highest BCUT2D eigenvalue weighted by atomic mass is 16.2. The van der Waals surface area contributed by atoms with E-state index in [9.17, 15) is 4.79 Å². The van der Waals surface area contributed by atoms with E-state index in [2.05, 4.69) is 15.4 Å². The Balaban J connectivity index is 1.62. The maximum atomic E-state index is 12.7. The molecule has 6 nitrogen and oxygen atoms in total. The van der Waals surface area contributed by atoms with Crippen molar-refractivity contribution in [1.82, 2.24) is 19.2 Å².